The molecule has 0 bridgehead atoms. The summed E-state index contributed by atoms with van der Waals surface area (Å²) in [5, 5.41) is 9.37. The van der Waals surface area contributed by atoms with Crippen LogP contribution >= 0.6 is 23.4 Å². The molecule has 0 heterocycles. The molecule has 0 aliphatic heterocycles. The zero-order chi connectivity index (χ0) is 15.1. The molecular formula is C16H15ClO3S. The first-order valence-corrected chi connectivity index (χ1v) is 7.82. The second-order valence-corrected chi connectivity index (χ2v) is 5.97. The van der Waals surface area contributed by atoms with Gasteiger partial charge >= 0.3 is 5.97 Å². The van der Waals surface area contributed by atoms with Gasteiger partial charge in [-0.3, -0.25) is 4.79 Å². The highest BCUT2D eigenvalue weighted by Gasteiger charge is 2.01. The Morgan fingerprint density at radius 3 is 2.62 bits per heavy atom. The van der Waals surface area contributed by atoms with E-state index in [2.05, 4.69) is 0 Å². The van der Waals surface area contributed by atoms with Crippen molar-refractivity contribution in [3.8, 4) is 5.75 Å². The summed E-state index contributed by atoms with van der Waals surface area (Å²) in [7, 11) is 0. The summed E-state index contributed by atoms with van der Waals surface area (Å²) in [5.74, 6) is 0.760. The second-order valence-electron chi connectivity index (χ2n) is 4.37. The molecule has 0 aliphatic rings. The average Bonchev–Trinajstić information content (AvgIpc) is 2.45. The van der Waals surface area contributed by atoms with Crippen LogP contribution in [0.5, 0.6) is 5.75 Å². The number of carboxylic acids is 1. The van der Waals surface area contributed by atoms with Crippen molar-refractivity contribution < 1.29 is 14.6 Å². The van der Waals surface area contributed by atoms with Crippen LogP contribution in [0, 0.1) is 0 Å². The van der Waals surface area contributed by atoms with Crippen molar-refractivity contribution in [2.45, 2.75) is 11.3 Å². The third-order valence-electron chi connectivity index (χ3n) is 2.70. The SMILES string of the molecule is O=C(O)Cc1ccc(SCCOc2cccc(Cl)c2)cc1. The molecule has 2 aromatic carbocycles. The molecular weight excluding hydrogens is 308 g/mol. The summed E-state index contributed by atoms with van der Waals surface area (Å²) >= 11 is 7.54. The van der Waals surface area contributed by atoms with Crippen LogP contribution in [0.4, 0.5) is 0 Å². The van der Waals surface area contributed by atoms with E-state index in [1.54, 1.807) is 17.8 Å². The fraction of sp³-hybridized carbons (Fsp3) is 0.188. The van der Waals surface area contributed by atoms with Crippen LogP contribution in [0.25, 0.3) is 0 Å². The van der Waals surface area contributed by atoms with E-state index in [0.29, 0.717) is 11.6 Å². The van der Waals surface area contributed by atoms with Crippen molar-refractivity contribution in [1.29, 1.82) is 0 Å². The van der Waals surface area contributed by atoms with Crippen molar-refractivity contribution >= 4 is 29.3 Å². The number of rotatable bonds is 7. The zero-order valence-corrected chi connectivity index (χ0v) is 12.9. The molecule has 0 radical (unpaired) electrons. The lowest BCUT2D eigenvalue weighted by molar-refractivity contribution is -0.136. The van der Waals surface area contributed by atoms with E-state index >= 15 is 0 Å². The van der Waals surface area contributed by atoms with Gasteiger partial charge in [0.05, 0.1) is 13.0 Å². The fourth-order valence-corrected chi connectivity index (χ4v) is 2.67. The van der Waals surface area contributed by atoms with Crippen molar-refractivity contribution in [2.24, 2.45) is 0 Å². The molecule has 0 aromatic heterocycles. The van der Waals surface area contributed by atoms with E-state index in [4.69, 9.17) is 21.4 Å². The van der Waals surface area contributed by atoms with Crippen LogP contribution in [-0.2, 0) is 11.2 Å². The van der Waals surface area contributed by atoms with Crippen LogP contribution in [0.15, 0.2) is 53.4 Å². The monoisotopic (exact) mass is 322 g/mol. The molecule has 0 saturated carbocycles. The summed E-state index contributed by atoms with van der Waals surface area (Å²) in [4.78, 5) is 11.7. The number of aliphatic carboxylic acids is 1. The Morgan fingerprint density at radius 2 is 1.95 bits per heavy atom. The number of halogens is 1. The minimum absolute atomic E-state index is 0.0584. The van der Waals surface area contributed by atoms with Crippen LogP contribution in [0.2, 0.25) is 5.02 Å². The maximum absolute atomic E-state index is 10.6. The highest BCUT2D eigenvalue weighted by molar-refractivity contribution is 7.99. The van der Waals surface area contributed by atoms with Gasteiger partial charge in [-0.25, -0.2) is 0 Å². The van der Waals surface area contributed by atoms with Gasteiger partial charge in [0.1, 0.15) is 5.75 Å². The summed E-state index contributed by atoms with van der Waals surface area (Å²) in [6, 6.07) is 14.9. The van der Waals surface area contributed by atoms with E-state index in [-0.39, 0.29) is 6.42 Å². The lowest BCUT2D eigenvalue weighted by atomic mass is 10.2. The molecule has 21 heavy (non-hydrogen) atoms. The number of carboxylic acid groups (broad SMARTS) is 1. The van der Waals surface area contributed by atoms with Crippen molar-refractivity contribution in [2.75, 3.05) is 12.4 Å². The van der Waals surface area contributed by atoms with E-state index < -0.39 is 5.97 Å². The van der Waals surface area contributed by atoms with Crippen molar-refractivity contribution in [3.63, 3.8) is 0 Å². The lowest BCUT2D eigenvalue weighted by Crippen LogP contribution is -2.00. The topological polar surface area (TPSA) is 46.5 Å². The molecule has 3 nitrogen and oxygen atoms in total. The van der Waals surface area contributed by atoms with Gasteiger partial charge in [0.15, 0.2) is 0 Å². The number of benzene rings is 2. The molecule has 0 saturated heterocycles. The van der Waals surface area contributed by atoms with Crippen molar-refractivity contribution in [1.82, 2.24) is 0 Å². The first-order chi connectivity index (χ1) is 10.1. The molecule has 110 valence electrons. The number of carbonyl (C=O) groups is 1. The van der Waals surface area contributed by atoms with Crippen molar-refractivity contribution in [3.05, 3.63) is 59.1 Å². The van der Waals surface area contributed by atoms with Gasteiger partial charge in [0.2, 0.25) is 0 Å². The normalized spacial score (nSPS) is 10.3. The number of thioether (sulfide) groups is 1. The summed E-state index contributed by atoms with van der Waals surface area (Å²) in [6.45, 7) is 0.585. The Morgan fingerprint density at radius 1 is 1.19 bits per heavy atom. The number of ether oxygens (including phenoxy) is 1. The first kappa shape index (κ1) is 15.7. The predicted molar refractivity (Wildman–Crippen MR) is 85.5 cm³/mol. The molecule has 0 aliphatic carbocycles. The number of hydrogen-bond acceptors (Lipinski definition) is 3. The fourth-order valence-electron chi connectivity index (χ4n) is 1.75. The van der Waals surface area contributed by atoms with E-state index in [0.717, 1.165) is 22.0 Å². The summed E-state index contributed by atoms with van der Waals surface area (Å²) in [5.41, 5.74) is 0.807. The Balaban J connectivity index is 1.74. The van der Waals surface area contributed by atoms with Gasteiger partial charge in [-0.05, 0) is 35.9 Å². The van der Waals surface area contributed by atoms with Crippen LogP contribution < -0.4 is 4.74 Å². The smallest absolute Gasteiger partial charge is 0.307 e. The Bertz CT molecular complexity index is 599. The Hall–Kier alpha value is -1.65. The molecule has 0 fully saturated rings. The molecule has 2 aromatic rings. The minimum atomic E-state index is -0.815. The maximum Gasteiger partial charge on any atom is 0.307 e. The maximum atomic E-state index is 10.6. The van der Waals surface area contributed by atoms with Gasteiger partial charge in [0, 0.05) is 15.7 Å². The molecule has 0 atom stereocenters. The Labute approximate surface area is 132 Å². The zero-order valence-electron chi connectivity index (χ0n) is 11.3. The standard InChI is InChI=1S/C16H15ClO3S/c17-13-2-1-3-14(11-13)20-8-9-21-15-6-4-12(5-7-15)10-16(18)19/h1-7,11H,8-10H2,(H,18,19). The van der Waals surface area contributed by atoms with Gasteiger partial charge in [-0.1, -0.05) is 29.8 Å². The molecule has 0 unspecified atom stereocenters. The van der Waals surface area contributed by atoms with Gasteiger partial charge in [0.25, 0.3) is 0 Å². The molecule has 0 spiro atoms. The van der Waals surface area contributed by atoms with Crippen LogP contribution in [0.3, 0.4) is 0 Å². The third kappa shape index (κ3) is 5.69. The number of hydrogen-bond donors (Lipinski definition) is 1. The second kappa shape index (κ2) is 7.96. The van der Waals surface area contributed by atoms with Gasteiger partial charge in [-0.2, -0.15) is 0 Å². The van der Waals surface area contributed by atoms with Crippen LogP contribution in [0.1, 0.15) is 5.56 Å². The van der Waals surface area contributed by atoms with Gasteiger partial charge < -0.3 is 9.84 Å². The predicted octanol–water partition coefficient (Wildman–Crippen LogP) is 4.14. The average molecular weight is 323 g/mol. The van der Waals surface area contributed by atoms with E-state index in [9.17, 15) is 4.79 Å². The highest BCUT2D eigenvalue weighted by Crippen LogP contribution is 2.20. The summed E-state index contributed by atoms with van der Waals surface area (Å²) in [6.07, 6.45) is 0.0584. The molecule has 0 amide bonds. The first-order valence-electron chi connectivity index (χ1n) is 6.45. The van der Waals surface area contributed by atoms with Gasteiger partial charge in [-0.15, -0.1) is 11.8 Å². The molecule has 1 N–H and O–H groups in total. The quantitative estimate of drug-likeness (QED) is 0.615. The van der Waals surface area contributed by atoms with Crippen LogP contribution in [-0.4, -0.2) is 23.4 Å². The summed E-state index contributed by atoms with van der Waals surface area (Å²) < 4.78 is 5.60. The lowest BCUT2D eigenvalue weighted by Gasteiger charge is -2.06. The highest BCUT2D eigenvalue weighted by atomic mass is 35.5. The van der Waals surface area contributed by atoms with E-state index in [1.165, 1.54) is 0 Å². The Kier molecular flexibility index (Phi) is 5.96. The molecule has 2 rings (SSSR count). The third-order valence-corrected chi connectivity index (χ3v) is 3.91. The minimum Gasteiger partial charge on any atom is -0.493 e. The molecule has 5 heteroatoms. The van der Waals surface area contributed by atoms with E-state index in [1.807, 2.05) is 42.5 Å². The largest absolute Gasteiger partial charge is 0.493 e.